The lowest BCUT2D eigenvalue weighted by Crippen LogP contribution is -2.24. The highest BCUT2D eigenvalue weighted by Gasteiger charge is 2.10. The fraction of sp³-hybridized carbons (Fsp3) is 0.421. The van der Waals surface area contributed by atoms with Crippen LogP contribution in [-0.4, -0.2) is 62.2 Å². The third-order valence-electron chi connectivity index (χ3n) is 3.85. The van der Waals surface area contributed by atoms with Gasteiger partial charge in [0, 0.05) is 19.3 Å². The molecule has 2 aromatic rings. The van der Waals surface area contributed by atoms with Crippen molar-refractivity contribution in [1.29, 1.82) is 0 Å². The Morgan fingerprint density at radius 2 is 1.93 bits per heavy atom. The van der Waals surface area contributed by atoms with Gasteiger partial charge in [-0.2, -0.15) is 0 Å². The molecule has 146 valence electrons. The van der Waals surface area contributed by atoms with Crippen LogP contribution >= 0.6 is 0 Å². The summed E-state index contributed by atoms with van der Waals surface area (Å²) in [6.45, 7) is 2.07. The third kappa shape index (κ3) is 6.41. The van der Waals surface area contributed by atoms with Gasteiger partial charge in [0.1, 0.15) is 5.69 Å². The van der Waals surface area contributed by atoms with Gasteiger partial charge in [0.25, 0.3) is 5.91 Å². The Morgan fingerprint density at radius 1 is 1.15 bits per heavy atom. The van der Waals surface area contributed by atoms with Crippen molar-refractivity contribution >= 4 is 11.9 Å². The maximum Gasteiger partial charge on any atom is 0.270 e. The van der Waals surface area contributed by atoms with Crippen molar-refractivity contribution in [3.05, 3.63) is 41.7 Å². The number of benzene rings is 1. The Hall–Kier alpha value is -2.87. The van der Waals surface area contributed by atoms with E-state index in [0.717, 1.165) is 25.1 Å². The van der Waals surface area contributed by atoms with Crippen LogP contribution in [0.1, 0.15) is 22.5 Å². The van der Waals surface area contributed by atoms with E-state index in [1.807, 2.05) is 26.2 Å². The molecule has 1 aromatic carbocycles. The molecule has 0 radical (unpaired) electrons. The highest BCUT2D eigenvalue weighted by atomic mass is 16.5. The van der Waals surface area contributed by atoms with Gasteiger partial charge in [0.2, 0.25) is 5.95 Å². The summed E-state index contributed by atoms with van der Waals surface area (Å²) in [6.07, 6.45) is 2.54. The number of hydrogen-bond donors (Lipinski definition) is 2. The normalized spacial score (nSPS) is 10.6. The summed E-state index contributed by atoms with van der Waals surface area (Å²) in [5.41, 5.74) is 1.22. The molecule has 1 aromatic heterocycles. The van der Waals surface area contributed by atoms with Crippen LogP contribution in [0.25, 0.3) is 0 Å². The molecule has 2 N–H and O–H groups in total. The summed E-state index contributed by atoms with van der Waals surface area (Å²) in [5, 5.41) is 5.99. The second-order valence-electron chi connectivity index (χ2n) is 6.22. The second-order valence-corrected chi connectivity index (χ2v) is 6.22. The number of amides is 1. The van der Waals surface area contributed by atoms with E-state index in [1.165, 1.54) is 0 Å². The second kappa shape index (κ2) is 10.3. The van der Waals surface area contributed by atoms with Gasteiger partial charge in [-0.3, -0.25) is 4.79 Å². The maximum absolute atomic E-state index is 12.4. The van der Waals surface area contributed by atoms with E-state index < -0.39 is 0 Å². The van der Waals surface area contributed by atoms with Gasteiger partial charge in [0.15, 0.2) is 11.5 Å². The number of anilines is 1. The van der Waals surface area contributed by atoms with Crippen LogP contribution in [0.5, 0.6) is 11.5 Å². The lowest BCUT2D eigenvalue weighted by Gasteiger charge is -2.11. The van der Waals surface area contributed by atoms with Gasteiger partial charge in [-0.15, -0.1) is 0 Å². The molecular formula is C19H27N5O3. The van der Waals surface area contributed by atoms with Crippen LogP contribution in [0.4, 0.5) is 5.95 Å². The number of carbonyl (C=O) groups excluding carboxylic acids is 1. The average Bonchev–Trinajstić information content (AvgIpc) is 2.69. The molecule has 1 heterocycles. The molecule has 0 atom stereocenters. The molecule has 0 saturated carbocycles. The Morgan fingerprint density at radius 3 is 2.63 bits per heavy atom. The molecule has 0 unspecified atom stereocenters. The molecule has 0 saturated heterocycles. The van der Waals surface area contributed by atoms with E-state index in [0.29, 0.717) is 29.7 Å². The van der Waals surface area contributed by atoms with E-state index in [1.54, 1.807) is 32.5 Å². The Kier molecular flexibility index (Phi) is 7.81. The third-order valence-corrected chi connectivity index (χ3v) is 3.85. The van der Waals surface area contributed by atoms with Crippen LogP contribution in [0.2, 0.25) is 0 Å². The SMILES string of the molecule is COc1ccc(CNC(=O)c2ccnc(NCCCN(C)C)n2)cc1OC. The van der Waals surface area contributed by atoms with E-state index in [-0.39, 0.29) is 5.91 Å². The molecule has 8 nitrogen and oxygen atoms in total. The number of ether oxygens (including phenoxy) is 2. The van der Waals surface area contributed by atoms with Crippen LogP contribution in [0, 0.1) is 0 Å². The van der Waals surface area contributed by atoms with Crippen molar-refractivity contribution in [2.24, 2.45) is 0 Å². The van der Waals surface area contributed by atoms with Gasteiger partial charge in [0.05, 0.1) is 14.2 Å². The first-order valence-corrected chi connectivity index (χ1v) is 8.74. The monoisotopic (exact) mass is 373 g/mol. The van der Waals surface area contributed by atoms with Crippen LogP contribution < -0.4 is 20.1 Å². The van der Waals surface area contributed by atoms with E-state index in [9.17, 15) is 4.79 Å². The number of hydrogen-bond acceptors (Lipinski definition) is 7. The molecule has 0 spiro atoms. The molecule has 0 fully saturated rings. The average molecular weight is 373 g/mol. The molecular weight excluding hydrogens is 346 g/mol. The number of methoxy groups -OCH3 is 2. The molecule has 0 bridgehead atoms. The summed E-state index contributed by atoms with van der Waals surface area (Å²) in [5.74, 6) is 1.46. The number of carbonyl (C=O) groups is 1. The fourth-order valence-corrected chi connectivity index (χ4v) is 2.43. The van der Waals surface area contributed by atoms with Crippen molar-refractivity contribution in [3.63, 3.8) is 0 Å². The van der Waals surface area contributed by atoms with Crippen LogP contribution in [0.3, 0.4) is 0 Å². The summed E-state index contributed by atoms with van der Waals surface area (Å²) < 4.78 is 10.5. The smallest absolute Gasteiger partial charge is 0.270 e. The lowest BCUT2D eigenvalue weighted by molar-refractivity contribution is 0.0946. The zero-order valence-electron chi connectivity index (χ0n) is 16.3. The van der Waals surface area contributed by atoms with Crippen molar-refractivity contribution in [2.75, 3.05) is 46.7 Å². The fourth-order valence-electron chi connectivity index (χ4n) is 2.43. The quantitative estimate of drug-likeness (QED) is 0.614. The van der Waals surface area contributed by atoms with Gasteiger partial charge in [-0.05, 0) is 50.8 Å². The van der Waals surface area contributed by atoms with E-state index >= 15 is 0 Å². The number of nitrogens with zero attached hydrogens (tertiary/aromatic N) is 3. The zero-order chi connectivity index (χ0) is 19.6. The van der Waals surface area contributed by atoms with Gasteiger partial charge in [-0.25, -0.2) is 9.97 Å². The largest absolute Gasteiger partial charge is 0.493 e. The summed E-state index contributed by atoms with van der Waals surface area (Å²) >= 11 is 0. The van der Waals surface area contributed by atoms with Crippen LogP contribution in [-0.2, 0) is 6.54 Å². The van der Waals surface area contributed by atoms with E-state index in [2.05, 4.69) is 25.5 Å². The number of nitrogens with one attached hydrogen (secondary N) is 2. The predicted molar refractivity (Wildman–Crippen MR) is 104 cm³/mol. The molecule has 0 aliphatic heterocycles. The summed E-state index contributed by atoms with van der Waals surface area (Å²) in [4.78, 5) is 22.9. The molecule has 27 heavy (non-hydrogen) atoms. The van der Waals surface area contributed by atoms with Crippen LogP contribution in [0.15, 0.2) is 30.5 Å². The van der Waals surface area contributed by atoms with Crippen molar-refractivity contribution in [3.8, 4) is 11.5 Å². The lowest BCUT2D eigenvalue weighted by atomic mass is 10.2. The minimum Gasteiger partial charge on any atom is -0.493 e. The minimum atomic E-state index is -0.261. The first-order chi connectivity index (χ1) is 13.0. The number of rotatable bonds is 10. The minimum absolute atomic E-state index is 0.261. The Balaban J connectivity index is 1.91. The molecule has 8 heteroatoms. The Bertz CT molecular complexity index is 752. The molecule has 1 amide bonds. The highest BCUT2D eigenvalue weighted by molar-refractivity contribution is 5.92. The molecule has 0 aliphatic rings. The first kappa shape index (κ1) is 20.4. The topological polar surface area (TPSA) is 88.6 Å². The highest BCUT2D eigenvalue weighted by Crippen LogP contribution is 2.27. The molecule has 0 aliphatic carbocycles. The number of aromatic nitrogens is 2. The van der Waals surface area contributed by atoms with Gasteiger partial charge >= 0.3 is 0 Å². The zero-order valence-corrected chi connectivity index (χ0v) is 16.3. The summed E-state index contributed by atoms with van der Waals surface area (Å²) in [7, 11) is 7.22. The van der Waals surface area contributed by atoms with Gasteiger partial charge < -0.3 is 25.0 Å². The molecule has 2 rings (SSSR count). The standard InChI is InChI=1S/C19H27N5O3/c1-24(2)11-5-9-20-19-21-10-8-15(23-19)18(25)22-13-14-6-7-16(26-3)17(12-14)27-4/h6-8,10,12H,5,9,11,13H2,1-4H3,(H,22,25)(H,20,21,23). The predicted octanol–water partition coefficient (Wildman–Crippen LogP) is 1.79. The first-order valence-electron chi connectivity index (χ1n) is 8.74. The van der Waals surface area contributed by atoms with Crippen molar-refractivity contribution in [2.45, 2.75) is 13.0 Å². The Labute approximate surface area is 159 Å². The van der Waals surface area contributed by atoms with Gasteiger partial charge in [-0.1, -0.05) is 6.07 Å². The van der Waals surface area contributed by atoms with Crippen molar-refractivity contribution < 1.29 is 14.3 Å². The van der Waals surface area contributed by atoms with Crippen molar-refractivity contribution in [1.82, 2.24) is 20.2 Å². The van der Waals surface area contributed by atoms with E-state index in [4.69, 9.17) is 9.47 Å². The summed E-state index contributed by atoms with van der Waals surface area (Å²) in [6, 6.07) is 7.10. The maximum atomic E-state index is 12.4.